The number of nitriles is 1. The van der Waals surface area contributed by atoms with Crippen molar-refractivity contribution < 1.29 is 9.53 Å². The normalized spacial score (nSPS) is 18.3. The first-order chi connectivity index (χ1) is 16.7. The molecular weight excluding hydrogens is 426 g/mol. The minimum absolute atomic E-state index is 0.126. The molecule has 0 spiro atoms. The van der Waals surface area contributed by atoms with Gasteiger partial charge in [0.25, 0.3) is 0 Å². The van der Waals surface area contributed by atoms with Gasteiger partial charge in [-0.25, -0.2) is 4.98 Å². The molecule has 2 aromatic rings. The van der Waals surface area contributed by atoms with E-state index in [1.807, 2.05) is 42.5 Å². The molecule has 2 N–H and O–H groups in total. The Morgan fingerprint density at radius 2 is 2.12 bits per heavy atom. The topological polar surface area (TPSA) is 90.3 Å². The van der Waals surface area contributed by atoms with Crippen LogP contribution < -0.4 is 15.5 Å². The fourth-order valence-corrected chi connectivity index (χ4v) is 4.32. The predicted molar refractivity (Wildman–Crippen MR) is 134 cm³/mol. The molecule has 2 atom stereocenters. The molecule has 34 heavy (non-hydrogen) atoms. The Kier molecular flexibility index (Phi) is 8.08. The fourth-order valence-electron chi connectivity index (χ4n) is 4.32. The van der Waals surface area contributed by atoms with Crippen molar-refractivity contribution in [1.82, 2.24) is 10.3 Å². The lowest BCUT2D eigenvalue weighted by Crippen LogP contribution is -2.43. The van der Waals surface area contributed by atoms with Crippen LogP contribution in [0.4, 0.5) is 11.5 Å². The molecule has 0 saturated carbocycles. The van der Waals surface area contributed by atoms with Crippen LogP contribution >= 0.6 is 0 Å². The average molecular weight is 458 g/mol. The van der Waals surface area contributed by atoms with Crippen LogP contribution in [0.15, 0.2) is 66.4 Å². The molecule has 1 aliphatic heterocycles. The molecule has 1 aliphatic carbocycles. The number of methoxy groups -OCH3 is 1. The van der Waals surface area contributed by atoms with E-state index in [0.717, 1.165) is 55.6 Å². The van der Waals surface area contributed by atoms with Crippen LogP contribution in [0.1, 0.15) is 30.4 Å². The van der Waals surface area contributed by atoms with E-state index in [9.17, 15) is 4.79 Å². The van der Waals surface area contributed by atoms with Gasteiger partial charge in [-0.1, -0.05) is 30.4 Å². The standard InChI is InChI=1S/C27H31N5O2/c1-34-24-14-16-32(19-24)23-11-12-25(30-18-23)31-27(33)26(22-5-3-2-4-6-22)29-15-13-20-7-9-21(17-28)10-8-20/h3,5-12,18,24,26,29H,2,4,13-16,19H2,1H3,(H,30,31,33). The molecule has 1 aromatic heterocycles. The molecule has 4 rings (SSSR count). The van der Waals surface area contributed by atoms with Crippen molar-refractivity contribution in [2.45, 2.75) is 37.8 Å². The summed E-state index contributed by atoms with van der Waals surface area (Å²) >= 11 is 0. The van der Waals surface area contributed by atoms with Crippen LogP contribution in [0.2, 0.25) is 0 Å². The predicted octanol–water partition coefficient (Wildman–Crippen LogP) is 3.59. The zero-order chi connectivity index (χ0) is 23.8. The number of hydrogen-bond acceptors (Lipinski definition) is 6. The number of nitrogens with zero attached hydrogens (tertiary/aromatic N) is 3. The summed E-state index contributed by atoms with van der Waals surface area (Å²) < 4.78 is 5.44. The second-order valence-electron chi connectivity index (χ2n) is 8.61. The Bertz CT molecular complexity index is 1070. The highest BCUT2D eigenvalue weighted by atomic mass is 16.5. The molecule has 2 unspecified atom stereocenters. The Morgan fingerprint density at radius 1 is 1.26 bits per heavy atom. The summed E-state index contributed by atoms with van der Waals surface area (Å²) in [5, 5.41) is 15.3. The number of nitrogens with one attached hydrogen (secondary N) is 2. The van der Waals surface area contributed by atoms with E-state index in [1.165, 1.54) is 0 Å². The van der Waals surface area contributed by atoms with Crippen LogP contribution in [-0.4, -0.2) is 49.8 Å². The number of aromatic nitrogens is 1. The van der Waals surface area contributed by atoms with Gasteiger partial charge in [0.2, 0.25) is 5.91 Å². The van der Waals surface area contributed by atoms with E-state index in [4.69, 9.17) is 10.00 Å². The summed E-state index contributed by atoms with van der Waals surface area (Å²) in [5.41, 5.74) is 3.78. The first-order valence-electron chi connectivity index (χ1n) is 11.8. The van der Waals surface area contributed by atoms with Crippen LogP contribution in [0.25, 0.3) is 0 Å². The third-order valence-corrected chi connectivity index (χ3v) is 6.31. The molecule has 1 fully saturated rings. The van der Waals surface area contributed by atoms with Gasteiger partial charge in [0.1, 0.15) is 11.9 Å². The van der Waals surface area contributed by atoms with Gasteiger partial charge in [-0.3, -0.25) is 4.79 Å². The number of amides is 1. The number of rotatable bonds is 9. The number of carbonyl (C=O) groups excluding carboxylic acids is 1. The maximum absolute atomic E-state index is 13.2. The number of anilines is 2. The Balaban J connectivity index is 1.37. The first-order valence-corrected chi connectivity index (χ1v) is 11.8. The lowest BCUT2D eigenvalue weighted by atomic mass is 9.99. The summed E-state index contributed by atoms with van der Waals surface area (Å²) in [6.07, 6.45) is 12.0. The maximum atomic E-state index is 13.2. The minimum Gasteiger partial charge on any atom is -0.380 e. The summed E-state index contributed by atoms with van der Waals surface area (Å²) in [7, 11) is 1.75. The zero-order valence-corrected chi connectivity index (χ0v) is 19.5. The van der Waals surface area contributed by atoms with E-state index >= 15 is 0 Å². The first kappa shape index (κ1) is 23.7. The van der Waals surface area contributed by atoms with Gasteiger partial charge < -0.3 is 20.3 Å². The molecule has 0 radical (unpaired) electrons. The number of pyridine rings is 1. The highest BCUT2D eigenvalue weighted by molar-refractivity contribution is 5.96. The average Bonchev–Trinajstić information content (AvgIpc) is 3.37. The Morgan fingerprint density at radius 3 is 2.76 bits per heavy atom. The van der Waals surface area contributed by atoms with Crippen LogP contribution in [0.3, 0.4) is 0 Å². The third-order valence-electron chi connectivity index (χ3n) is 6.31. The van der Waals surface area contributed by atoms with Crippen molar-refractivity contribution >= 4 is 17.4 Å². The number of ether oxygens (including phenoxy) is 1. The molecule has 2 aliphatic rings. The molecule has 7 heteroatoms. The van der Waals surface area contributed by atoms with Crippen molar-refractivity contribution in [3.63, 3.8) is 0 Å². The number of hydrogen-bond donors (Lipinski definition) is 2. The lowest BCUT2D eigenvalue weighted by molar-refractivity contribution is -0.117. The highest BCUT2D eigenvalue weighted by Gasteiger charge is 2.24. The van der Waals surface area contributed by atoms with Gasteiger partial charge in [0, 0.05) is 26.7 Å². The molecule has 1 amide bonds. The van der Waals surface area contributed by atoms with Gasteiger partial charge in [-0.05, 0) is 61.1 Å². The van der Waals surface area contributed by atoms with E-state index in [1.54, 1.807) is 13.3 Å². The Labute approximate surface area is 201 Å². The number of benzene rings is 1. The Hall–Kier alpha value is -3.47. The molecular formula is C27H31N5O2. The second kappa shape index (κ2) is 11.6. The highest BCUT2D eigenvalue weighted by Crippen LogP contribution is 2.22. The quantitative estimate of drug-likeness (QED) is 0.598. The third kappa shape index (κ3) is 6.10. The van der Waals surface area contributed by atoms with E-state index < -0.39 is 6.04 Å². The smallest absolute Gasteiger partial charge is 0.247 e. The maximum Gasteiger partial charge on any atom is 0.247 e. The van der Waals surface area contributed by atoms with E-state index in [-0.39, 0.29) is 12.0 Å². The molecule has 1 saturated heterocycles. The molecule has 2 heterocycles. The van der Waals surface area contributed by atoms with Crippen LogP contribution in [0, 0.1) is 11.3 Å². The van der Waals surface area contributed by atoms with E-state index in [2.05, 4.69) is 38.7 Å². The van der Waals surface area contributed by atoms with Gasteiger partial charge in [-0.15, -0.1) is 0 Å². The molecule has 176 valence electrons. The van der Waals surface area contributed by atoms with Crippen LogP contribution in [-0.2, 0) is 16.0 Å². The monoisotopic (exact) mass is 457 g/mol. The van der Waals surface area contributed by atoms with Gasteiger partial charge in [-0.2, -0.15) is 5.26 Å². The van der Waals surface area contributed by atoms with Crippen LogP contribution in [0.5, 0.6) is 0 Å². The van der Waals surface area contributed by atoms with Crippen molar-refractivity contribution in [3.05, 3.63) is 77.5 Å². The van der Waals surface area contributed by atoms with Crippen molar-refractivity contribution in [3.8, 4) is 6.07 Å². The lowest BCUT2D eigenvalue weighted by Gasteiger charge is -2.22. The number of carbonyl (C=O) groups is 1. The van der Waals surface area contributed by atoms with Gasteiger partial charge >= 0.3 is 0 Å². The second-order valence-corrected chi connectivity index (χ2v) is 8.61. The van der Waals surface area contributed by atoms with Crippen molar-refractivity contribution in [1.29, 1.82) is 5.26 Å². The molecule has 1 aromatic carbocycles. The van der Waals surface area contributed by atoms with E-state index in [0.29, 0.717) is 17.9 Å². The summed E-state index contributed by atoms with van der Waals surface area (Å²) in [6, 6.07) is 13.1. The number of allylic oxidation sites excluding steroid dienone is 2. The molecule has 7 nitrogen and oxygen atoms in total. The summed E-state index contributed by atoms with van der Waals surface area (Å²) in [6.45, 7) is 2.43. The van der Waals surface area contributed by atoms with Gasteiger partial charge in [0.05, 0.1) is 29.6 Å². The SMILES string of the molecule is COC1CCN(c2ccc(NC(=O)C(NCCc3ccc(C#N)cc3)C3=CCCC=C3)nc2)C1. The zero-order valence-electron chi connectivity index (χ0n) is 19.5. The minimum atomic E-state index is -0.461. The van der Waals surface area contributed by atoms with Gasteiger partial charge in [0.15, 0.2) is 0 Å². The van der Waals surface area contributed by atoms with Crippen molar-refractivity contribution in [2.75, 3.05) is 37.0 Å². The summed E-state index contributed by atoms with van der Waals surface area (Å²) in [5.74, 6) is 0.411. The fraction of sp³-hybridized carbons (Fsp3) is 0.370. The molecule has 0 bridgehead atoms. The largest absolute Gasteiger partial charge is 0.380 e. The van der Waals surface area contributed by atoms with Crippen molar-refractivity contribution in [2.24, 2.45) is 0 Å². The summed E-state index contributed by atoms with van der Waals surface area (Å²) in [4.78, 5) is 19.9.